The van der Waals surface area contributed by atoms with Crippen molar-refractivity contribution in [2.45, 2.75) is 83.8 Å². The van der Waals surface area contributed by atoms with Gasteiger partial charge in [0.1, 0.15) is 12.6 Å². The summed E-state index contributed by atoms with van der Waals surface area (Å²) >= 11 is 0. The second-order valence-corrected chi connectivity index (χ2v) is 14.1. The molecule has 2 rings (SSSR count). The quantitative estimate of drug-likeness (QED) is 0.538. The molecule has 0 aliphatic heterocycles. The smallest absolute Gasteiger partial charge is 0.328 e. The molecule has 0 unspecified atom stereocenters. The molecule has 3 atom stereocenters. The third-order valence-electron chi connectivity index (χ3n) is 5.96. The number of hydrogen-bond acceptors (Lipinski definition) is 4. The van der Waals surface area contributed by atoms with E-state index in [1.165, 1.54) is 0 Å². The fraction of sp³-hybridized carbons (Fsp3) is 0.636. The van der Waals surface area contributed by atoms with Crippen molar-refractivity contribution < 1.29 is 18.8 Å². The van der Waals surface area contributed by atoms with Gasteiger partial charge in [-0.25, -0.2) is 4.79 Å². The summed E-state index contributed by atoms with van der Waals surface area (Å²) in [7, 11) is -1.83. The van der Waals surface area contributed by atoms with Crippen molar-refractivity contribution in [3.63, 3.8) is 0 Å². The second-order valence-electron chi connectivity index (χ2n) is 9.33. The van der Waals surface area contributed by atoms with Crippen LogP contribution < -0.4 is 5.32 Å². The monoisotopic (exact) mass is 405 g/mol. The Morgan fingerprint density at radius 1 is 1.18 bits per heavy atom. The highest BCUT2D eigenvalue weighted by Crippen LogP contribution is 2.40. The molecule has 5 nitrogen and oxygen atoms in total. The van der Waals surface area contributed by atoms with Crippen LogP contribution in [0.3, 0.4) is 0 Å². The Hall–Kier alpha value is -1.66. The van der Waals surface area contributed by atoms with Crippen molar-refractivity contribution in [3.8, 4) is 0 Å². The first-order valence-electron chi connectivity index (χ1n) is 10.2. The largest absolute Gasteiger partial charge is 0.459 e. The van der Waals surface area contributed by atoms with Crippen LogP contribution in [-0.2, 0) is 25.4 Å². The zero-order valence-corrected chi connectivity index (χ0v) is 19.1. The normalized spacial score (nSPS) is 21.2. The van der Waals surface area contributed by atoms with E-state index < -0.39 is 20.3 Å². The molecule has 0 bridgehead atoms. The first-order valence-corrected chi connectivity index (χ1v) is 13.1. The van der Waals surface area contributed by atoms with Crippen LogP contribution in [0, 0.1) is 5.92 Å². The van der Waals surface area contributed by atoms with Gasteiger partial charge >= 0.3 is 5.97 Å². The summed E-state index contributed by atoms with van der Waals surface area (Å²) in [6.07, 6.45) is 2.57. The fourth-order valence-electron chi connectivity index (χ4n) is 3.12. The number of nitrogens with one attached hydrogen (secondary N) is 1. The first-order chi connectivity index (χ1) is 13.0. The van der Waals surface area contributed by atoms with Crippen molar-refractivity contribution in [2.75, 3.05) is 0 Å². The molecule has 0 aromatic heterocycles. The average Bonchev–Trinajstić information content (AvgIpc) is 3.07. The maximum Gasteiger partial charge on any atom is 0.328 e. The highest BCUT2D eigenvalue weighted by atomic mass is 28.4. The Morgan fingerprint density at radius 2 is 1.82 bits per heavy atom. The van der Waals surface area contributed by atoms with Crippen LogP contribution in [0.15, 0.2) is 30.3 Å². The van der Waals surface area contributed by atoms with Gasteiger partial charge in [0, 0.05) is 12.0 Å². The lowest BCUT2D eigenvalue weighted by molar-refractivity contribution is -0.149. The first kappa shape index (κ1) is 22.6. The molecule has 1 amide bonds. The number of hydrogen-bond donors (Lipinski definition) is 1. The number of carbonyl (C=O) groups is 2. The van der Waals surface area contributed by atoms with Crippen molar-refractivity contribution in [1.82, 2.24) is 5.32 Å². The second kappa shape index (κ2) is 9.22. The molecule has 1 aromatic rings. The Labute approximate surface area is 170 Å². The molecule has 0 spiro atoms. The highest BCUT2D eigenvalue weighted by Gasteiger charge is 2.41. The molecule has 0 radical (unpaired) electrons. The summed E-state index contributed by atoms with van der Waals surface area (Å²) in [4.78, 5) is 24.8. The summed E-state index contributed by atoms with van der Waals surface area (Å²) in [5.74, 6) is -0.589. The molecule has 1 aromatic carbocycles. The van der Waals surface area contributed by atoms with Gasteiger partial charge < -0.3 is 14.5 Å². The standard InChI is InChI=1S/C22H35NO4Si/c1-16(21(25)26-15-17-10-8-7-9-11-17)23-20(24)18-12-13-19(14-18)27-28(5,6)22(2,3)4/h7-11,16,18-19H,12-15H2,1-6H3,(H,23,24)/t16-,18-,19-/m1/s1. The Kier molecular flexibility index (Phi) is 7.45. The molecule has 0 saturated heterocycles. The lowest BCUT2D eigenvalue weighted by Gasteiger charge is -2.38. The number of benzene rings is 1. The minimum absolute atomic E-state index is 0.0782. The summed E-state index contributed by atoms with van der Waals surface area (Å²) < 4.78 is 11.8. The predicted molar refractivity (Wildman–Crippen MR) is 113 cm³/mol. The third-order valence-corrected chi connectivity index (χ3v) is 10.5. The predicted octanol–water partition coefficient (Wildman–Crippen LogP) is 4.43. The molecule has 156 valence electrons. The maximum atomic E-state index is 12.6. The van der Waals surface area contributed by atoms with E-state index in [4.69, 9.17) is 9.16 Å². The molecule has 28 heavy (non-hydrogen) atoms. The fourth-order valence-corrected chi connectivity index (χ4v) is 4.52. The zero-order valence-electron chi connectivity index (χ0n) is 18.1. The van der Waals surface area contributed by atoms with Crippen molar-refractivity contribution >= 4 is 20.2 Å². The minimum Gasteiger partial charge on any atom is -0.459 e. The van der Waals surface area contributed by atoms with Gasteiger partial charge in [0.25, 0.3) is 0 Å². The Bertz CT molecular complexity index is 669. The van der Waals surface area contributed by atoms with Crippen LogP contribution >= 0.6 is 0 Å². The molecule has 1 saturated carbocycles. The maximum absolute atomic E-state index is 12.6. The number of amides is 1. The van der Waals surface area contributed by atoms with Gasteiger partial charge in [-0.3, -0.25) is 4.79 Å². The van der Waals surface area contributed by atoms with Crippen molar-refractivity contribution in [2.24, 2.45) is 5.92 Å². The van der Waals surface area contributed by atoms with Crippen molar-refractivity contribution in [1.29, 1.82) is 0 Å². The average molecular weight is 406 g/mol. The van der Waals surface area contributed by atoms with Gasteiger partial charge in [-0.2, -0.15) is 0 Å². The summed E-state index contributed by atoms with van der Waals surface area (Å²) in [5, 5.41) is 2.97. The summed E-state index contributed by atoms with van der Waals surface area (Å²) in [6.45, 7) is 13.0. The van der Waals surface area contributed by atoms with Gasteiger partial charge in [-0.15, -0.1) is 0 Å². The highest BCUT2D eigenvalue weighted by molar-refractivity contribution is 6.74. The number of rotatable bonds is 7. The molecular formula is C22H35NO4Si. The molecule has 1 N–H and O–H groups in total. The van der Waals surface area contributed by atoms with E-state index in [9.17, 15) is 9.59 Å². The van der Waals surface area contributed by atoms with Crippen LogP contribution in [0.2, 0.25) is 18.1 Å². The lowest BCUT2D eigenvalue weighted by atomic mass is 10.1. The summed E-state index contributed by atoms with van der Waals surface area (Å²) in [5.41, 5.74) is 0.927. The number of esters is 1. The van der Waals surface area contributed by atoms with E-state index in [0.29, 0.717) is 0 Å². The van der Waals surface area contributed by atoms with Crippen LogP contribution in [0.4, 0.5) is 0 Å². The van der Waals surface area contributed by atoms with Crippen LogP contribution in [0.5, 0.6) is 0 Å². The lowest BCUT2D eigenvalue weighted by Crippen LogP contribution is -2.44. The molecule has 0 heterocycles. The van der Waals surface area contributed by atoms with Crippen molar-refractivity contribution in [3.05, 3.63) is 35.9 Å². The third kappa shape index (κ3) is 6.17. The van der Waals surface area contributed by atoms with Gasteiger partial charge in [0.05, 0.1) is 0 Å². The van der Waals surface area contributed by atoms with Gasteiger partial charge in [0.2, 0.25) is 5.91 Å². The topological polar surface area (TPSA) is 64.6 Å². The number of carbonyl (C=O) groups excluding carboxylic acids is 2. The molecule has 6 heteroatoms. The molecule has 1 fully saturated rings. The van der Waals surface area contributed by atoms with Crippen LogP contribution in [0.25, 0.3) is 0 Å². The zero-order chi connectivity index (χ0) is 20.9. The van der Waals surface area contributed by atoms with E-state index in [1.54, 1.807) is 6.92 Å². The molecule has 1 aliphatic rings. The van der Waals surface area contributed by atoms with E-state index in [2.05, 4.69) is 39.2 Å². The van der Waals surface area contributed by atoms with Crippen LogP contribution in [0.1, 0.15) is 52.5 Å². The Morgan fingerprint density at radius 3 is 2.43 bits per heavy atom. The molecular weight excluding hydrogens is 370 g/mol. The van der Waals surface area contributed by atoms with Gasteiger partial charge in [-0.1, -0.05) is 51.1 Å². The SMILES string of the molecule is C[C@@H](NC(=O)[C@@H]1CC[C@@H](O[Si](C)(C)C(C)(C)C)C1)C(=O)OCc1ccccc1. The minimum atomic E-state index is -1.83. The van der Waals surface area contributed by atoms with Gasteiger partial charge in [0.15, 0.2) is 8.32 Å². The van der Waals surface area contributed by atoms with Crippen LogP contribution in [-0.4, -0.2) is 32.3 Å². The van der Waals surface area contributed by atoms with E-state index in [1.807, 2.05) is 30.3 Å². The van der Waals surface area contributed by atoms with E-state index in [0.717, 1.165) is 24.8 Å². The Balaban J connectivity index is 1.79. The summed E-state index contributed by atoms with van der Waals surface area (Å²) in [6, 6.07) is 8.86. The molecule has 1 aliphatic carbocycles. The van der Waals surface area contributed by atoms with E-state index in [-0.39, 0.29) is 29.6 Å². The van der Waals surface area contributed by atoms with E-state index >= 15 is 0 Å². The number of ether oxygens (including phenoxy) is 1. The van der Waals surface area contributed by atoms with Gasteiger partial charge in [-0.05, 0) is 49.9 Å².